The van der Waals surface area contributed by atoms with Gasteiger partial charge in [0.05, 0.1) is 12.0 Å². The first-order chi connectivity index (χ1) is 11.2. The third-order valence-corrected chi connectivity index (χ3v) is 4.43. The van der Waals surface area contributed by atoms with E-state index >= 15 is 0 Å². The number of carbonyl (C=O) groups is 1. The number of carbonyl (C=O) groups excluding carboxylic acids is 1. The topological polar surface area (TPSA) is 53.2 Å². The highest BCUT2D eigenvalue weighted by molar-refractivity contribution is 6.30. The number of benzene rings is 2. The van der Waals surface area contributed by atoms with Crippen molar-refractivity contribution < 1.29 is 4.79 Å². The molecule has 1 saturated heterocycles. The van der Waals surface area contributed by atoms with Crippen LogP contribution in [0.2, 0.25) is 5.02 Å². The smallest absolute Gasteiger partial charge is 0.230 e. The van der Waals surface area contributed by atoms with Crippen LogP contribution in [0.3, 0.4) is 0 Å². The summed E-state index contributed by atoms with van der Waals surface area (Å²) in [6, 6.07) is 15.5. The average molecular weight is 330 g/mol. The van der Waals surface area contributed by atoms with E-state index in [0.29, 0.717) is 11.6 Å². The maximum Gasteiger partial charge on any atom is 0.230 e. The third kappa shape index (κ3) is 3.72. The lowest BCUT2D eigenvalue weighted by Crippen LogP contribution is -2.29. The molecule has 2 aromatic carbocycles. The Hall–Kier alpha value is -1.88. The Bertz CT molecular complexity index is 670. The van der Waals surface area contributed by atoms with Crippen molar-refractivity contribution in [3.05, 3.63) is 64.7 Å². The number of amides is 1. The largest absolute Gasteiger partial charge is 0.326 e. The van der Waals surface area contributed by atoms with Crippen molar-refractivity contribution >= 4 is 23.2 Å². The highest BCUT2D eigenvalue weighted by Gasteiger charge is 2.33. The lowest BCUT2D eigenvalue weighted by Gasteiger charge is -2.18. The number of anilines is 1. The monoisotopic (exact) mass is 329 g/mol. The van der Waals surface area contributed by atoms with E-state index in [4.69, 9.17) is 11.6 Å². The van der Waals surface area contributed by atoms with Crippen molar-refractivity contribution in [2.75, 3.05) is 11.9 Å². The van der Waals surface area contributed by atoms with Crippen LogP contribution in [0.5, 0.6) is 0 Å². The normalized spacial score (nSPS) is 20.4. The molecule has 1 aliphatic heterocycles. The molecule has 4 nitrogen and oxygen atoms in total. The van der Waals surface area contributed by atoms with E-state index in [9.17, 15) is 4.79 Å². The maximum absolute atomic E-state index is 12.6. The van der Waals surface area contributed by atoms with Crippen LogP contribution in [-0.2, 0) is 11.2 Å². The van der Waals surface area contributed by atoms with Crippen molar-refractivity contribution in [1.82, 2.24) is 10.9 Å². The van der Waals surface area contributed by atoms with Gasteiger partial charge >= 0.3 is 0 Å². The summed E-state index contributed by atoms with van der Waals surface area (Å²) in [6.07, 6.45) is 0.989. The second kappa shape index (κ2) is 7.13. The molecule has 3 N–H and O–H groups in total. The zero-order valence-electron chi connectivity index (χ0n) is 13.0. The van der Waals surface area contributed by atoms with Gasteiger partial charge in [-0.3, -0.25) is 10.2 Å². The van der Waals surface area contributed by atoms with Crippen molar-refractivity contribution in [2.24, 2.45) is 5.92 Å². The fourth-order valence-electron chi connectivity index (χ4n) is 2.79. The Labute approximate surface area is 141 Å². The molecule has 1 amide bonds. The fraction of sp³-hybridized carbons (Fsp3) is 0.278. The molecule has 1 fully saturated rings. The highest BCUT2D eigenvalue weighted by Crippen LogP contribution is 2.27. The van der Waals surface area contributed by atoms with Gasteiger partial charge in [-0.1, -0.05) is 42.8 Å². The lowest BCUT2D eigenvalue weighted by atomic mass is 9.94. The molecule has 0 spiro atoms. The summed E-state index contributed by atoms with van der Waals surface area (Å²) >= 11 is 5.93. The maximum atomic E-state index is 12.6. The van der Waals surface area contributed by atoms with Gasteiger partial charge in [-0.15, -0.1) is 0 Å². The van der Waals surface area contributed by atoms with Gasteiger partial charge in [-0.25, -0.2) is 5.43 Å². The van der Waals surface area contributed by atoms with Crippen LogP contribution in [-0.4, -0.2) is 12.5 Å². The predicted octanol–water partition coefficient (Wildman–Crippen LogP) is 3.31. The van der Waals surface area contributed by atoms with Crippen LogP contribution >= 0.6 is 11.6 Å². The van der Waals surface area contributed by atoms with E-state index in [1.54, 1.807) is 0 Å². The molecule has 0 aliphatic carbocycles. The standard InChI is InChI=1S/C18H20ClN3O/c1-2-12-3-9-15(10-4-12)21-18(23)16-11-20-22-17(16)13-5-7-14(19)8-6-13/h3-10,16-17,20,22H,2,11H2,1H3,(H,21,23). The average Bonchev–Trinajstić information content (AvgIpc) is 3.06. The molecule has 0 aromatic heterocycles. The number of hydrogen-bond acceptors (Lipinski definition) is 3. The van der Waals surface area contributed by atoms with Gasteiger partial charge in [0, 0.05) is 17.3 Å². The van der Waals surface area contributed by atoms with Crippen molar-refractivity contribution in [3.8, 4) is 0 Å². The SMILES string of the molecule is CCc1ccc(NC(=O)C2CNNC2c2ccc(Cl)cc2)cc1. The molecule has 23 heavy (non-hydrogen) atoms. The molecule has 120 valence electrons. The Morgan fingerprint density at radius 1 is 1.17 bits per heavy atom. The minimum Gasteiger partial charge on any atom is -0.326 e. The summed E-state index contributed by atoms with van der Waals surface area (Å²) in [5.41, 5.74) is 9.38. The molecule has 1 aliphatic rings. The molecule has 0 bridgehead atoms. The van der Waals surface area contributed by atoms with Crippen LogP contribution in [0, 0.1) is 5.92 Å². The van der Waals surface area contributed by atoms with E-state index in [-0.39, 0.29) is 17.9 Å². The fourth-order valence-corrected chi connectivity index (χ4v) is 2.91. The first-order valence-electron chi connectivity index (χ1n) is 7.81. The minimum absolute atomic E-state index is 0.00620. The van der Waals surface area contributed by atoms with Gasteiger partial charge in [-0.2, -0.15) is 0 Å². The predicted molar refractivity (Wildman–Crippen MR) is 93.3 cm³/mol. The van der Waals surface area contributed by atoms with Gasteiger partial charge < -0.3 is 5.32 Å². The summed E-state index contributed by atoms with van der Waals surface area (Å²) in [5, 5.41) is 3.69. The van der Waals surface area contributed by atoms with E-state index in [1.807, 2.05) is 48.5 Å². The first-order valence-corrected chi connectivity index (χ1v) is 8.19. The summed E-state index contributed by atoms with van der Waals surface area (Å²) in [7, 11) is 0. The number of nitrogens with one attached hydrogen (secondary N) is 3. The lowest BCUT2D eigenvalue weighted by molar-refractivity contribution is -0.119. The molecule has 2 atom stereocenters. The molecule has 0 radical (unpaired) electrons. The van der Waals surface area contributed by atoms with Crippen LogP contribution in [0.25, 0.3) is 0 Å². The zero-order valence-corrected chi connectivity index (χ0v) is 13.7. The number of halogens is 1. The van der Waals surface area contributed by atoms with Crippen LogP contribution < -0.4 is 16.2 Å². The molecular formula is C18H20ClN3O. The van der Waals surface area contributed by atoms with Crippen molar-refractivity contribution in [1.29, 1.82) is 0 Å². The van der Waals surface area contributed by atoms with Gasteiger partial charge in [0.2, 0.25) is 5.91 Å². The van der Waals surface area contributed by atoms with E-state index in [2.05, 4.69) is 23.1 Å². The minimum atomic E-state index is -0.179. The molecular weight excluding hydrogens is 310 g/mol. The number of hydrogen-bond donors (Lipinski definition) is 3. The van der Waals surface area contributed by atoms with Crippen molar-refractivity contribution in [2.45, 2.75) is 19.4 Å². The Morgan fingerprint density at radius 2 is 1.87 bits per heavy atom. The quantitative estimate of drug-likeness (QED) is 0.806. The molecule has 1 heterocycles. The molecule has 0 saturated carbocycles. The van der Waals surface area contributed by atoms with Gasteiger partial charge in [0.1, 0.15) is 0 Å². The van der Waals surface area contributed by atoms with Crippen LogP contribution in [0.1, 0.15) is 24.1 Å². The Kier molecular flexibility index (Phi) is 4.96. The Balaban J connectivity index is 1.71. The Morgan fingerprint density at radius 3 is 2.52 bits per heavy atom. The van der Waals surface area contributed by atoms with Crippen LogP contribution in [0.15, 0.2) is 48.5 Å². The summed E-state index contributed by atoms with van der Waals surface area (Å²) in [5.74, 6) is -0.172. The second-order valence-electron chi connectivity index (χ2n) is 5.70. The first kappa shape index (κ1) is 16.0. The molecule has 3 rings (SSSR count). The van der Waals surface area contributed by atoms with E-state index in [1.165, 1.54) is 5.56 Å². The second-order valence-corrected chi connectivity index (χ2v) is 6.14. The van der Waals surface area contributed by atoms with Crippen molar-refractivity contribution in [3.63, 3.8) is 0 Å². The summed E-state index contributed by atoms with van der Waals surface area (Å²) < 4.78 is 0. The van der Waals surface area contributed by atoms with Gasteiger partial charge in [0.25, 0.3) is 0 Å². The summed E-state index contributed by atoms with van der Waals surface area (Å²) in [6.45, 7) is 2.70. The number of aryl methyl sites for hydroxylation is 1. The van der Waals surface area contributed by atoms with Crippen LogP contribution in [0.4, 0.5) is 5.69 Å². The molecule has 2 aromatic rings. The summed E-state index contributed by atoms with van der Waals surface area (Å²) in [4.78, 5) is 12.6. The van der Waals surface area contributed by atoms with Gasteiger partial charge in [0.15, 0.2) is 0 Å². The molecule has 5 heteroatoms. The zero-order chi connectivity index (χ0) is 16.2. The van der Waals surface area contributed by atoms with Gasteiger partial charge in [-0.05, 0) is 41.8 Å². The third-order valence-electron chi connectivity index (χ3n) is 4.18. The van der Waals surface area contributed by atoms with E-state index in [0.717, 1.165) is 17.7 Å². The highest BCUT2D eigenvalue weighted by atomic mass is 35.5. The number of hydrazine groups is 1. The van der Waals surface area contributed by atoms with E-state index < -0.39 is 0 Å². The molecule has 2 unspecified atom stereocenters. The number of rotatable bonds is 4.